The van der Waals surface area contributed by atoms with E-state index in [-0.39, 0.29) is 15.6 Å². The number of alkyl halides is 1. The fourth-order valence-corrected chi connectivity index (χ4v) is 3.53. The number of benzene rings is 1. The molecule has 0 bridgehead atoms. The Balaban J connectivity index is 2.64. The minimum absolute atomic E-state index is 0.0401. The van der Waals surface area contributed by atoms with Crippen LogP contribution in [-0.2, 0) is 4.79 Å². The molecule has 1 rings (SSSR count). The van der Waals surface area contributed by atoms with Gasteiger partial charge >= 0.3 is 127 Å². The molecule has 0 atom stereocenters. The first-order valence-corrected chi connectivity index (χ1v) is 9.43. The molecule has 0 aromatic heterocycles. The van der Waals surface area contributed by atoms with Gasteiger partial charge in [0.2, 0.25) is 0 Å². The number of halogens is 1. The van der Waals surface area contributed by atoms with Crippen molar-refractivity contribution in [2.45, 2.75) is 0 Å². The summed E-state index contributed by atoms with van der Waals surface area (Å²) >= 11 is 4.14. The molecular formula is C12H14ClNO4Sn. The molecule has 5 nitrogen and oxygen atoms in total. The SMILES string of the molecule is COc1ccc(C(=O)N[CH2][Sn][C](=O)CCl)cc1OC. The summed E-state index contributed by atoms with van der Waals surface area (Å²) in [4.78, 5) is 22.9. The van der Waals surface area contributed by atoms with Crippen molar-refractivity contribution in [2.75, 3.05) is 24.7 Å². The quantitative estimate of drug-likeness (QED) is 0.554. The number of methoxy groups -OCH3 is 2. The van der Waals surface area contributed by atoms with Crippen molar-refractivity contribution in [3.05, 3.63) is 23.8 Å². The monoisotopic (exact) mass is 391 g/mol. The molecule has 102 valence electrons. The number of carbonyl (C=O) groups excluding carboxylic acids is 2. The second kappa shape index (κ2) is 8.27. The van der Waals surface area contributed by atoms with E-state index in [1.54, 1.807) is 18.2 Å². The number of rotatable bonds is 7. The second-order valence-electron chi connectivity index (χ2n) is 3.49. The summed E-state index contributed by atoms with van der Waals surface area (Å²) in [6.45, 7) is 0. The van der Waals surface area contributed by atoms with Gasteiger partial charge in [-0.1, -0.05) is 0 Å². The molecule has 7 heteroatoms. The second-order valence-corrected chi connectivity index (χ2v) is 7.36. The Morgan fingerprint density at radius 2 is 1.95 bits per heavy atom. The van der Waals surface area contributed by atoms with Crippen LogP contribution in [0.15, 0.2) is 18.2 Å². The van der Waals surface area contributed by atoms with Gasteiger partial charge in [0.1, 0.15) is 0 Å². The Morgan fingerprint density at radius 1 is 1.26 bits per heavy atom. The molecule has 1 amide bonds. The third-order valence-corrected chi connectivity index (χ3v) is 5.82. The van der Waals surface area contributed by atoms with Gasteiger partial charge in [-0.05, 0) is 0 Å². The van der Waals surface area contributed by atoms with Crippen molar-refractivity contribution < 1.29 is 19.1 Å². The van der Waals surface area contributed by atoms with Crippen LogP contribution >= 0.6 is 11.6 Å². The number of ether oxygens (including phenoxy) is 2. The molecule has 0 aliphatic rings. The third-order valence-electron chi connectivity index (χ3n) is 2.30. The van der Waals surface area contributed by atoms with Crippen LogP contribution in [-0.4, -0.2) is 55.5 Å². The number of hydrogen-bond donors (Lipinski definition) is 1. The summed E-state index contributed by atoms with van der Waals surface area (Å²) in [5.74, 6) is 0.863. The molecule has 0 spiro atoms. The summed E-state index contributed by atoms with van der Waals surface area (Å²) in [5, 5.41) is 2.71. The van der Waals surface area contributed by atoms with E-state index in [1.165, 1.54) is 14.2 Å². The molecule has 1 aromatic carbocycles. The first kappa shape index (κ1) is 16.1. The van der Waals surface area contributed by atoms with Gasteiger partial charge < -0.3 is 0 Å². The van der Waals surface area contributed by atoms with Crippen molar-refractivity contribution in [1.82, 2.24) is 5.32 Å². The van der Waals surface area contributed by atoms with Crippen LogP contribution in [0.25, 0.3) is 0 Å². The molecule has 0 aliphatic heterocycles. The van der Waals surface area contributed by atoms with Gasteiger partial charge in [-0.3, -0.25) is 0 Å². The van der Waals surface area contributed by atoms with Gasteiger partial charge in [-0.2, -0.15) is 0 Å². The van der Waals surface area contributed by atoms with E-state index in [0.29, 0.717) is 21.6 Å². The molecule has 1 N–H and O–H groups in total. The first-order chi connectivity index (χ1) is 9.12. The van der Waals surface area contributed by atoms with Gasteiger partial charge in [-0.15, -0.1) is 0 Å². The van der Waals surface area contributed by atoms with Crippen LogP contribution in [0.4, 0.5) is 0 Å². The Hall–Kier alpha value is -0.951. The fourth-order valence-electron chi connectivity index (χ4n) is 1.35. The molecule has 0 fully saturated rings. The number of hydrogen-bond acceptors (Lipinski definition) is 4. The van der Waals surface area contributed by atoms with Crippen molar-refractivity contribution >= 4 is 42.4 Å². The maximum atomic E-state index is 11.9. The van der Waals surface area contributed by atoms with Gasteiger partial charge in [0, 0.05) is 0 Å². The fraction of sp³-hybridized carbons (Fsp3) is 0.333. The van der Waals surface area contributed by atoms with E-state index in [4.69, 9.17) is 21.1 Å². The standard InChI is InChI=1S/C10H12NO3.C2H2ClO.Sn/c1-11-10(12)7-4-5-8(13-2)9(6-7)14-3;3-1-2-4;/h4-6H,1H2,2-3H3,(H,11,12);1H2;. The molecular weight excluding hydrogens is 376 g/mol. The summed E-state index contributed by atoms with van der Waals surface area (Å²) in [6.07, 6.45) is 0. The number of carbonyl (C=O) groups is 2. The van der Waals surface area contributed by atoms with E-state index in [9.17, 15) is 9.59 Å². The summed E-state index contributed by atoms with van der Waals surface area (Å²) in [5.41, 5.74) is 0.468. The summed E-state index contributed by atoms with van der Waals surface area (Å²) in [6, 6.07) is 4.91. The normalized spacial score (nSPS) is 9.84. The molecule has 0 heterocycles. The zero-order chi connectivity index (χ0) is 14.3. The average Bonchev–Trinajstić information content (AvgIpc) is 2.45. The van der Waals surface area contributed by atoms with E-state index in [0.717, 1.165) is 0 Å². The van der Waals surface area contributed by atoms with Crippen molar-refractivity contribution in [1.29, 1.82) is 0 Å². The van der Waals surface area contributed by atoms with Crippen molar-refractivity contribution in [2.24, 2.45) is 0 Å². The number of amides is 1. The zero-order valence-corrected chi connectivity index (χ0v) is 14.3. The summed E-state index contributed by atoms with van der Waals surface area (Å²) in [7, 11) is 3.04. The van der Waals surface area contributed by atoms with Crippen molar-refractivity contribution in [3.63, 3.8) is 0 Å². The van der Waals surface area contributed by atoms with Crippen LogP contribution in [0.1, 0.15) is 10.4 Å². The Morgan fingerprint density at radius 3 is 2.53 bits per heavy atom. The molecule has 2 radical (unpaired) electrons. The predicted molar refractivity (Wildman–Crippen MR) is 73.4 cm³/mol. The van der Waals surface area contributed by atoms with Gasteiger partial charge in [-0.25, -0.2) is 0 Å². The zero-order valence-electron chi connectivity index (χ0n) is 10.7. The molecule has 0 unspecified atom stereocenters. The summed E-state index contributed by atoms with van der Waals surface area (Å²) < 4.78 is 10.7. The Kier molecular flexibility index (Phi) is 7.01. The molecule has 0 aliphatic carbocycles. The average molecular weight is 390 g/mol. The topological polar surface area (TPSA) is 64.6 Å². The van der Waals surface area contributed by atoms with E-state index in [1.807, 2.05) is 0 Å². The minimum atomic E-state index is -1.27. The molecule has 0 saturated heterocycles. The first-order valence-electron chi connectivity index (χ1n) is 5.45. The molecule has 0 saturated carbocycles. The maximum absolute atomic E-state index is 11.9. The third kappa shape index (κ3) is 4.91. The number of nitrogens with one attached hydrogen (secondary N) is 1. The molecule has 19 heavy (non-hydrogen) atoms. The van der Waals surface area contributed by atoms with Crippen LogP contribution in [0.5, 0.6) is 11.5 Å². The van der Waals surface area contributed by atoms with E-state index in [2.05, 4.69) is 5.32 Å². The van der Waals surface area contributed by atoms with Gasteiger partial charge in [0.05, 0.1) is 0 Å². The Labute approximate surface area is 126 Å². The Bertz CT molecular complexity index is 467. The van der Waals surface area contributed by atoms with E-state index >= 15 is 0 Å². The van der Waals surface area contributed by atoms with Gasteiger partial charge in [0.25, 0.3) is 0 Å². The van der Waals surface area contributed by atoms with Crippen LogP contribution in [0, 0.1) is 0 Å². The molecule has 1 aromatic rings. The van der Waals surface area contributed by atoms with E-state index < -0.39 is 21.1 Å². The van der Waals surface area contributed by atoms with Gasteiger partial charge in [0.15, 0.2) is 0 Å². The van der Waals surface area contributed by atoms with Crippen molar-refractivity contribution in [3.8, 4) is 11.5 Å². The van der Waals surface area contributed by atoms with Crippen LogP contribution < -0.4 is 14.8 Å². The van der Waals surface area contributed by atoms with Crippen LogP contribution in [0.3, 0.4) is 0 Å². The van der Waals surface area contributed by atoms with Crippen LogP contribution in [0.2, 0.25) is 0 Å². The predicted octanol–water partition coefficient (Wildman–Crippen LogP) is 0.861.